The standard InChI is InChI=1S/C5H9B3/c1-4(8-2)5(7)3-6/h3,6-7H,1-2H3. The van der Waals surface area contributed by atoms with E-state index < -0.39 is 0 Å². The minimum absolute atomic E-state index is 1.01. The Kier molecular flexibility index (Phi) is 3.67. The van der Waals surface area contributed by atoms with Gasteiger partial charge in [-0.05, 0) is 0 Å². The van der Waals surface area contributed by atoms with Crippen molar-refractivity contribution >= 4 is 38.8 Å². The summed E-state index contributed by atoms with van der Waals surface area (Å²) >= 11 is 0. The van der Waals surface area contributed by atoms with Crippen LogP contribution >= 0.6 is 0 Å². The van der Waals surface area contributed by atoms with Gasteiger partial charge in [-0.1, -0.05) is 0 Å². The molecule has 0 nitrogen and oxygen atoms in total. The molecule has 0 spiro atoms. The molecule has 0 amide bonds. The van der Waals surface area contributed by atoms with Crippen molar-refractivity contribution in [2.45, 2.75) is 13.7 Å². The topological polar surface area (TPSA) is 0 Å². The summed E-state index contributed by atoms with van der Waals surface area (Å²) in [5, 5.41) is 0. The summed E-state index contributed by atoms with van der Waals surface area (Å²) in [6.45, 7) is 6.03. The molecule has 0 aliphatic heterocycles. The predicted molar refractivity (Wildman–Crippen MR) is 47.7 cm³/mol. The fraction of sp³-hybridized carbons (Fsp3) is 0.400. The van der Waals surface area contributed by atoms with Gasteiger partial charge in [0.25, 0.3) is 0 Å². The summed E-state index contributed by atoms with van der Waals surface area (Å²) in [4.78, 5) is 0. The molecular weight excluding hydrogens is 92.5 g/mol. The van der Waals surface area contributed by atoms with Gasteiger partial charge < -0.3 is 0 Å². The van der Waals surface area contributed by atoms with E-state index in [1.807, 2.05) is 20.7 Å². The van der Waals surface area contributed by atoms with Crippen molar-refractivity contribution < 1.29 is 0 Å². The van der Waals surface area contributed by atoms with Crippen LogP contribution in [0.15, 0.2) is 0 Å². The zero-order valence-corrected chi connectivity index (χ0v) is 5.57. The van der Waals surface area contributed by atoms with Crippen LogP contribution in [0.2, 0.25) is 6.82 Å². The van der Waals surface area contributed by atoms with Gasteiger partial charge in [0.05, 0.1) is 0 Å². The molecule has 0 saturated carbocycles. The SMILES string of the molecule is B=CC(=B)/C(C)=B\C. The molecule has 0 aromatic carbocycles. The average Bonchev–Trinajstić information content (AvgIpc) is 1.84. The summed E-state index contributed by atoms with van der Waals surface area (Å²) in [6.07, 6.45) is 0. The van der Waals surface area contributed by atoms with E-state index in [1.165, 1.54) is 5.46 Å². The van der Waals surface area contributed by atoms with Gasteiger partial charge in [0, 0.05) is 0 Å². The fourth-order valence-electron chi connectivity index (χ4n) is 0.346. The molecule has 0 N–H and O–H groups in total. The van der Waals surface area contributed by atoms with Crippen molar-refractivity contribution in [2.75, 3.05) is 0 Å². The van der Waals surface area contributed by atoms with Crippen molar-refractivity contribution in [1.82, 2.24) is 0 Å². The Labute approximate surface area is 53.4 Å². The molecule has 0 aromatic heterocycles. The molecule has 0 aliphatic carbocycles. The van der Waals surface area contributed by atoms with Gasteiger partial charge in [-0.2, -0.15) is 0 Å². The van der Waals surface area contributed by atoms with Crippen LogP contribution in [-0.4, -0.2) is 38.8 Å². The van der Waals surface area contributed by atoms with Gasteiger partial charge in [-0.25, -0.2) is 0 Å². The second kappa shape index (κ2) is 3.76. The minimum atomic E-state index is 1.01. The van der Waals surface area contributed by atoms with Crippen LogP contribution in [0, 0.1) is 0 Å². The Bertz CT molecular complexity index is 135. The van der Waals surface area contributed by atoms with E-state index in [4.69, 9.17) is 0 Å². The van der Waals surface area contributed by atoms with Gasteiger partial charge in [0.1, 0.15) is 0 Å². The van der Waals surface area contributed by atoms with Crippen molar-refractivity contribution in [3.8, 4) is 0 Å². The van der Waals surface area contributed by atoms with Crippen LogP contribution in [0.4, 0.5) is 0 Å². The molecule has 3 heteroatoms. The maximum atomic E-state index is 3.76. The van der Waals surface area contributed by atoms with Crippen molar-refractivity contribution in [1.29, 1.82) is 0 Å². The molecule has 0 bridgehead atoms. The third kappa shape index (κ3) is 2.20. The van der Waals surface area contributed by atoms with E-state index in [2.05, 4.69) is 15.0 Å². The summed E-state index contributed by atoms with van der Waals surface area (Å²) in [7, 11) is 7.35. The van der Waals surface area contributed by atoms with Crippen LogP contribution in [0.1, 0.15) is 6.92 Å². The Balaban J connectivity index is 4.03. The van der Waals surface area contributed by atoms with E-state index in [0.29, 0.717) is 0 Å². The Morgan fingerprint density at radius 2 is 2.12 bits per heavy atom. The first-order valence-electron chi connectivity index (χ1n) is 2.67. The van der Waals surface area contributed by atoms with Gasteiger partial charge in [-0.15, -0.1) is 0 Å². The molecule has 8 heavy (non-hydrogen) atoms. The molecule has 0 fully saturated rings. The van der Waals surface area contributed by atoms with E-state index >= 15 is 0 Å². The molecule has 0 unspecified atom stereocenters. The Morgan fingerprint density at radius 3 is 2.25 bits per heavy atom. The molecule has 0 radical (unpaired) electrons. The molecule has 0 heterocycles. The first-order valence-corrected chi connectivity index (χ1v) is 2.67. The molecule has 0 rings (SSSR count). The number of hydrogen-bond donors (Lipinski definition) is 0. The summed E-state index contributed by atoms with van der Waals surface area (Å²) in [5.41, 5.74) is 2.20. The van der Waals surface area contributed by atoms with E-state index in [0.717, 1.165) is 5.46 Å². The fourth-order valence-corrected chi connectivity index (χ4v) is 0.346. The van der Waals surface area contributed by atoms with Crippen LogP contribution in [0.3, 0.4) is 0 Å². The number of hydrogen-bond acceptors (Lipinski definition) is 0. The molecule has 0 aliphatic rings. The molecular formula is C5H9B3. The van der Waals surface area contributed by atoms with E-state index in [1.54, 1.807) is 5.97 Å². The van der Waals surface area contributed by atoms with Gasteiger partial charge in [-0.3, -0.25) is 0 Å². The van der Waals surface area contributed by atoms with Crippen LogP contribution in [0.5, 0.6) is 0 Å². The quantitative estimate of drug-likeness (QED) is 0.380. The van der Waals surface area contributed by atoms with E-state index in [9.17, 15) is 0 Å². The first-order chi connectivity index (χ1) is 3.72. The Morgan fingerprint density at radius 1 is 1.62 bits per heavy atom. The van der Waals surface area contributed by atoms with Crippen molar-refractivity contribution in [3.63, 3.8) is 0 Å². The molecule has 0 atom stereocenters. The first kappa shape index (κ1) is 7.80. The van der Waals surface area contributed by atoms with E-state index in [-0.39, 0.29) is 0 Å². The Hall–Kier alpha value is -0.195. The number of rotatable bonds is 2. The maximum absolute atomic E-state index is 3.76. The van der Waals surface area contributed by atoms with Gasteiger partial charge >= 0.3 is 52.5 Å². The van der Waals surface area contributed by atoms with Crippen LogP contribution < -0.4 is 0 Å². The predicted octanol–water partition coefficient (Wildman–Crippen LogP) is -1.29. The monoisotopic (exact) mass is 102 g/mol. The van der Waals surface area contributed by atoms with Crippen LogP contribution in [-0.2, 0) is 0 Å². The molecule has 0 saturated heterocycles. The van der Waals surface area contributed by atoms with Gasteiger partial charge in [0.15, 0.2) is 0 Å². The molecule has 38 valence electrons. The molecule has 0 aromatic rings. The average molecular weight is 102 g/mol. The third-order valence-corrected chi connectivity index (χ3v) is 1.19. The normalized spacial score (nSPS) is 9.75. The summed E-state index contributed by atoms with van der Waals surface area (Å²) in [6, 6.07) is 0. The summed E-state index contributed by atoms with van der Waals surface area (Å²) < 4.78 is 0. The van der Waals surface area contributed by atoms with Crippen molar-refractivity contribution in [2.24, 2.45) is 0 Å². The zero-order chi connectivity index (χ0) is 6.57. The summed E-state index contributed by atoms with van der Waals surface area (Å²) in [5.74, 6) is 1.76. The second-order valence-corrected chi connectivity index (χ2v) is 1.70. The van der Waals surface area contributed by atoms with Crippen LogP contribution in [0.25, 0.3) is 0 Å². The second-order valence-electron chi connectivity index (χ2n) is 1.70. The third-order valence-electron chi connectivity index (χ3n) is 1.19. The van der Waals surface area contributed by atoms with Crippen molar-refractivity contribution in [3.05, 3.63) is 0 Å². The zero-order valence-electron chi connectivity index (χ0n) is 5.57. The van der Waals surface area contributed by atoms with Gasteiger partial charge in [0.2, 0.25) is 0 Å².